The summed E-state index contributed by atoms with van der Waals surface area (Å²) in [4.78, 5) is 9.51. The lowest BCUT2D eigenvalue weighted by Gasteiger charge is -2.12. The molecule has 0 radical (unpaired) electrons. The minimum Gasteiger partial charge on any atom is -0.381 e. The molecular formula is C13H19N3O. The number of nitrogens with one attached hydrogen (secondary N) is 1. The van der Waals surface area contributed by atoms with Crippen LogP contribution >= 0.6 is 0 Å². The molecule has 1 aromatic rings. The molecule has 0 saturated heterocycles. The molecule has 1 fully saturated rings. The van der Waals surface area contributed by atoms with E-state index in [0.717, 1.165) is 38.4 Å². The van der Waals surface area contributed by atoms with Gasteiger partial charge in [-0.1, -0.05) is 0 Å². The van der Waals surface area contributed by atoms with Gasteiger partial charge in [-0.25, -0.2) is 9.97 Å². The fourth-order valence-corrected chi connectivity index (χ4v) is 2.38. The van der Waals surface area contributed by atoms with Gasteiger partial charge in [-0.05, 0) is 31.9 Å². The van der Waals surface area contributed by atoms with Gasteiger partial charge in [0.2, 0.25) is 0 Å². The summed E-state index contributed by atoms with van der Waals surface area (Å²) >= 11 is 0. The van der Waals surface area contributed by atoms with Gasteiger partial charge < -0.3 is 10.1 Å². The van der Waals surface area contributed by atoms with Crippen molar-refractivity contribution in [1.29, 1.82) is 0 Å². The average Bonchev–Trinajstić information content (AvgIpc) is 3.16. The lowest BCUT2D eigenvalue weighted by molar-refractivity contribution is 0.146. The zero-order valence-electron chi connectivity index (χ0n) is 10.3. The first-order valence-electron chi connectivity index (χ1n) is 6.49. The number of nitrogens with zero attached hydrogens (tertiary/aromatic N) is 2. The molecule has 1 N–H and O–H groups in total. The highest BCUT2D eigenvalue weighted by molar-refractivity contribution is 5.29. The highest BCUT2D eigenvalue weighted by atomic mass is 16.5. The molecule has 92 valence electrons. The van der Waals surface area contributed by atoms with E-state index in [1.165, 1.54) is 29.8 Å². The molecule has 0 unspecified atom stereocenters. The van der Waals surface area contributed by atoms with Crippen molar-refractivity contribution in [3.63, 3.8) is 0 Å². The summed E-state index contributed by atoms with van der Waals surface area (Å²) in [5.74, 6) is 1.69. The highest BCUT2D eigenvalue weighted by Crippen LogP contribution is 2.38. The van der Waals surface area contributed by atoms with Crippen LogP contribution in [0.1, 0.15) is 41.5 Å². The molecule has 4 heteroatoms. The van der Waals surface area contributed by atoms with E-state index in [4.69, 9.17) is 14.7 Å². The van der Waals surface area contributed by atoms with Gasteiger partial charge >= 0.3 is 0 Å². The van der Waals surface area contributed by atoms with Crippen molar-refractivity contribution in [3.8, 4) is 0 Å². The van der Waals surface area contributed by atoms with Crippen LogP contribution in [0.2, 0.25) is 0 Å². The Labute approximate surface area is 102 Å². The molecule has 1 saturated carbocycles. The number of rotatable bonds is 3. The van der Waals surface area contributed by atoms with Crippen molar-refractivity contribution in [2.24, 2.45) is 0 Å². The van der Waals surface area contributed by atoms with Crippen molar-refractivity contribution in [1.82, 2.24) is 15.3 Å². The molecule has 0 spiro atoms. The van der Waals surface area contributed by atoms with E-state index in [-0.39, 0.29) is 0 Å². The van der Waals surface area contributed by atoms with Crippen molar-refractivity contribution in [2.45, 2.75) is 38.1 Å². The maximum atomic E-state index is 5.54. The van der Waals surface area contributed by atoms with Crippen LogP contribution in [0.4, 0.5) is 0 Å². The number of fused-ring (bicyclic) bond motifs is 1. The quantitative estimate of drug-likeness (QED) is 0.852. The Kier molecular flexibility index (Phi) is 3.07. The van der Waals surface area contributed by atoms with Crippen molar-refractivity contribution < 1.29 is 4.74 Å². The zero-order valence-corrected chi connectivity index (χ0v) is 10.3. The van der Waals surface area contributed by atoms with Gasteiger partial charge in [-0.15, -0.1) is 0 Å². The third-order valence-electron chi connectivity index (χ3n) is 3.46. The van der Waals surface area contributed by atoms with Crippen LogP contribution in [0, 0.1) is 0 Å². The topological polar surface area (TPSA) is 47.0 Å². The van der Waals surface area contributed by atoms with Crippen LogP contribution in [0.5, 0.6) is 0 Å². The molecule has 1 aromatic heterocycles. The first kappa shape index (κ1) is 11.1. The summed E-state index contributed by atoms with van der Waals surface area (Å²) in [6.07, 6.45) is 4.41. The second-order valence-corrected chi connectivity index (χ2v) is 4.87. The van der Waals surface area contributed by atoms with Crippen LogP contribution in [0.15, 0.2) is 0 Å². The Balaban J connectivity index is 2.00. The van der Waals surface area contributed by atoms with Gasteiger partial charge in [0.05, 0.1) is 18.9 Å². The molecule has 17 heavy (non-hydrogen) atoms. The van der Waals surface area contributed by atoms with E-state index < -0.39 is 0 Å². The molecule has 1 aliphatic heterocycles. The molecule has 2 aliphatic rings. The molecule has 0 amide bonds. The third-order valence-corrected chi connectivity index (χ3v) is 3.46. The summed E-state index contributed by atoms with van der Waals surface area (Å²) in [5, 5.41) is 3.21. The summed E-state index contributed by atoms with van der Waals surface area (Å²) in [5.41, 5.74) is 3.73. The first-order valence-corrected chi connectivity index (χ1v) is 6.49. The summed E-state index contributed by atoms with van der Waals surface area (Å²) in [6.45, 7) is 2.44. The zero-order chi connectivity index (χ0) is 11.7. The van der Waals surface area contributed by atoms with E-state index in [0.29, 0.717) is 5.92 Å². The molecule has 4 nitrogen and oxygen atoms in total. The minimum absolute atomic E-state index is 0.625. The van der Waals surface area contributed by atoms with Gasteiger partial charge in [0, 0.05) is 24.6 Å². The van der Waals surface area contributed by atoms with Gasteiger partial charge in [-0.2, -0.15) is 0 Å². The van der Waals surface area contributed by atoms with Gasteiger partial charge in [0.25, 0.3) is 0 Å². The van der Waals surface area contributed by atoms with E-state index in [9.17, 15) is 0 Å². The van der Waals surface area contributed by atoms with Crippen LogP contribution < -0.4 is 5.32 Å². The Bertz CT molecular complexity index is 415. The molecule has 0 aromatic carbocycles. The standard InChI is InChI=1S/C13H19N3O/c1-14-8-12-10-4-6-17-7-5-11(10)15-13(16-12)9-2-3-9/h9,14H,2-8H2,1H3. The Morgan fingerprint density at radius 1 is 1.24 bits per heavy atom. The predicted molar refractivity (Wildman–Crippen MR) is 65.0 cm³/mol. The summed E-state index contributed by atoms with van der Waals surface area (Å²) in [7, 11) is 1.97. The van der Waals surface area contributed by atoms with Crippen molar-refractivity contribution >= 4 is 0 Å². The normalized spacial score (nSPS) is 19.8. The largest absolute Gasteiger partial charge is 0.381 e. The van der Waals surface area contributed by atoms with Gasteiger partial charge in [0.1, 0.15) is 5.82 Å². The second-order valence-electron chi connectivity index (χ2n) is 4.87. The molecule has 3 rings (SSSR count). The minimum atomic E-state index is 0.625. The van der Waals surface area contributed by atoms with E-state index >= 15 is 0 Å². The highest BCUT2D eigenvalue weighted by Gasteiger charge is 2.28. The summed E-state index contributed by atoms with van der Waals surface area (Å²) < 4.78 is 5.54. The van der Waals surface area contributed by atoms with Gasteiger partial charge in [-0.3, -0.25) is 0 Å². The molecule has 1 aliphatic carbocycles. The maximum Gasteiger partial charge on any atom is 0.132 e. The van der Waals surface area contributed by atoms with E-state index in [1.54, 1.807) is 0 Å². The van der Waals surface area contributed by atoms with Crippen LogP contribution in [-0.2, 0) is 24.1 Å². The Hall–Kier alpha value is -1.00. The van der Waals surface area contributed by atoms with Crippen molar-refractivity contribution in [3.05, 3.63) is 22.8 Å². The molecule has 2 heterocycles. The number of aromatic nitrogens is 2. The smallest absolute Gasteiger partial charge is 0.132 e. The fourth-order valence-electron chi connectivity index (χ4n) is 2.38. The van der Waals surface area contributed by atoms with Gasteiger partial charge in [0.15, 0.2) is 0 Å². The SMILES string of the molecule is CNCc1nc(C2CC2)nc2c1CCOCC2. The van der Waals surface area contributed by atoms with E-state index in [1.807, 2.05) is 7.05 Å². The third kappa shape index (κ3) is 2.33. The first-order chi connectivity index (χ1) is 8.38. The molecule has 0 atom stereocenters. The monoisotopic (exact) mass is 233 g/mol. The molecule has 0 bridgehead atoms. The number of ether oxygens (including phenoxy) is 1. The van der Waals surface area contributed by atoms with E-state index in [2.05, 4.69) is 5.32 Å². The van der Waals surface area contributed by atoms with Crippen LogP contribution in [0.25, 0.3) is 0 Å². The lowest BCUT2D eigenvalue weighted by Crippen LogP contribution is -2.15. The number of hydrogen-bond acceptors (Lipinski definition) is 4. The van der Waals surface area contributed by atoms with Crippen LogP contribution in [-0.4, -0.2) is 30.2 Å². The van der Waals surface area contributed by atoms with Crippen molar-refractivity contribution in [2.75, 3.05) is 20.3 Å². The molecular weight excluding hydrogens is 214 g/mol. The fraction of sp³-hybridized carbons (Fsp3) is 0.692. The Morgan fingerprint density at radius 2 is 2.06 bits per heavy atom. The number of hydrogen-bond donors (Lipinski definition) is 1. The second kappa shape index (κ2) is 4.70. The van der Waals surface area contributed by atoms with Crippen LogP contribution in [0.3, 0.4) is 0 Å². The lowest BCUT2D eigenvalue weighted by atomic mass is 10.1. The summed E-state index contributed by atoms with van der Waals surface area (Å²) in [6, 6.07) is 0. The Morgan fingerprint density at radius 3 is 2.82 bits per heavy atom. The predicted octanol–water partition coefficient (Wildman–Crippen LogP) is 1.19. The average molecular weight is 233 g/mol. The maximum absolute atomic E-state index is 5.54.